The van der Waals surface area contributed by atoms with E-state index in [1.807, 2.05) is 92.8 Å². The van der Waals surface area contributed by atoms with Gasteiger partial charge in [0.25, 0.3) is 0 Å². The second kappa shape index (κ2) is 15.3. The van der Waals surface area contributed by atoms with Crippen molar-refractivity contribution in [1.82, 2.24) is 9.97 Å². The van der Waals surface area contributed by atoms with Gasteiger partial charge in [-0.15, -0.1) is 47.5 Å². The van der Waals surface area contributed by atoms with Gasteiger partial charge in [0.2, 0.25) is 0 Å². The van der Waals surface area contributed by atoms with Crippen molar-refractivity contribution in [2.24, 2.45) is 0 Å². The maximum Gasteiger partial charge on any atom is 2.00 e. The molecule has 0 atom stereocenters. The molecule has 2 aromatic carbocycles. The molecular formula is C32H40N6O2Pt. The van der Waals surface area contributed by atoms with Crippen molar-refractivity contribution in [1.29, 1.82) is 0 Å². The standard InChI is InChI=1S/2C16H20N3O.Pt/c2*1-18(2)15-8-6-7-13(16(15)19(3)4)14-11-12(20-5)9-10-17-14;/h2*6,8-11H,1-5H3;/q2*-1;+2. The predicted octanol–water partition coefficient (Wildman–Crippen LogP) is 5.38. The normalized spacial score (nSPS) is 10.0. The van der Waals surface area contributed by atoms with Crippen LogP contribution in [-0.2, 0) is 21.1 Å². The van der Waals surface area contributed by atoms with Gasteiger partial charge in [-0.3, -0.25) is 0 Å². The maximum absolute atomic E-state index is 5.28. The van der Waals surface area contributed by atoms with Gasteiger partial charge in [-0.05, 0) is 86.6 Å². The summed E-state index contributed by atoms with van der Waals surface area (Å²) in [7, 11) is 19.6. The molecule has 220 valence electrons. The van der Waals surface area contributed by atoms with Crippen molar-refractivity contribution in [3.63, 3.8) is 0 Å². The number of hydrogen-bond acceptors (Lipinski definition) is 8. The minimum Gasteiger partial charge on any atom is -0.497 e. The summed E-state index contributed by atoms with van der Waals surface area (Å²) in [4.78, 5) is 17.2. The number of aromatic nitrogens is 2. The minimum atomic E-state index is 0. The quantitative estimate of drug-likeness (QED) is 0.224. The van der Waals surface area contributed by atoms with Crippen LogP contribution in [-0.4, -0.2) is 80.6 Å². The number of anilines is 4. The number of hydrogen-bond donors (Lipinski definition) is 0. The summed E-state index contributed by atoms with van der Waals surface area (Å²) in [6, 6.07) is 22.1. The third kappa shape index (κ3) is 8.14. The third-order valence-corrected chi connectivity index (χ3v) is 6.20. The fourth-order valence-corrected chi connectivity index (χ4v) is 4.33. The van der Waals surface area contributed by atoms with Gasteiger partial charge < -0.3 is 39.0 Å². The van der Waals surface area contributed by atoms with Crippen LogP contribution < -0.4 is 29.1 Å². The van der Waals surface area contributed by atoms with E-state index < -0.39 is 0 Å². The predicted molar refractivity (Wildman–Crippen MR) is 167 cm³/mol. The van der Waals surface area contributed by atoms with Crippen molar-refractivity contribution in [3.05, 3.63) is 73.1 Å². The van der Waals surface area contributed by atoms with Gasteiger partial charge in [-0.2, -0.15) is 0 Å². The molecule has 0 saturated heterocycles. The van der Waals surface area contributed by atoms with Crippen LogP contribution in [0, 0.1) is 12.1 Å². The first-order chi connectivity index (χ1) is 19.1. The van der Waals surface area contributed by atoms with Crippen LogP contribution in [0.15, 0.2) is 60.9 Å². The summed E-state index contributed by atoms with van der Waals surface area (Å²) in [5, 5.41) is 0. The van der Waals surface area contributed by atoms with Gasteiger partial charge in [-0.25, -0.2) is 0 Å². The minimum absolute atomic E-state index is 0. The molecule has 0 fully saturated rings. The monoisotopic (exact) mass is 735 g/mol. The van der Waals surface area contributed by atoms with E-state index in [9.17, 15) is 0 Å². The molecule has 0 aliphatic rings. The Morgan fingerprint density at radius 1 is 0.561 bits per heavy atom. The fraction of sp³-hybridized carbons (Fsp3) is 0.312. The fourth-order valence-electron chi connectivity index (χ4n) is 4.33. The Balaban J connectivity index is 0.000000280. The van der Waals surface area contributed by atoms with Crippen molar-refractivity contribution in [2.45, 2.75) is 0 Å². The summed E-state index contributed by atoms with van der Waals surface area (Å²) >= 11 is 0. The van der Waals surface area contributed by atoms with E-state index in [1.165, 1.54) is 0 Å². The van der Waals surface area contributed by atoms with E-state index in [0.717, 1.165) is 56.8 Å². The average molecular weight is 736 g/mol. The summed E-state index contributed by atoms with van der Waals surface area (Å²) < 4.78 is 10.6. The summed E-state index contributed by atoms with van der Waals surface area (Å²) in [6.45, 7) is 0. The third-order valence-electron chi connectivity index (χ3n) is 6.20. The second-order valence-corrected chi connectivity index (χ2v) is 9.91. The van der Waals surface area contributed by atoms with Crippen molar-refractivity contribution < 1.29 is 30.5 Å². The number of benzene rings is 2. The summed E-state index contributed by atoms with van der Waals surface area (Å²) in [5.74, 6) is 1.59. The van der Waals surface area contributed by atoms with Crippen LogP contribution in [0.25, 0.3) is 22.5 Å². The van der Waals surface area contributed by atoms with Crippen LogP contribution in [0.5, 0.6) is 11.5 Å². The van der Waals surface area contributed by atoms with Gasteiger partial charge in [-0.1, -0.05) is 0 Å². The van der Waals surface area contributed by atoms with Gasteiger partial charge in [0.15, 0.2) is 0 Å². The van der Waals surface area contributed by atoms with E-state index >= 15 is 0 Å². The number of pyridine rings is 2. The Morgan fingerprint density at radius 2 is 0.927 bits per heavy atom. The van der Waals surface area contributed by atoms with Crippen LogP contribution in [0.2, 0.25) is 0 Å². The number of nitrogens with zero attached hydrogens (tertiary/aromatic N) is 6. The molecule has 2 heterocycles. The van der Waals surface area contributed by atoms with Gasteiger partial charge >= 0.3 is 21.1 Å². The Hall–Kier alpha value is -3.77. The number of rotatable bonds is 8. The van der Waals surface area contributed by atoms with Crippen molar-refractivity contribution in [2.75, 3.05) is 90.2 Å². The molecule has 4 aromatic rings. The molecule has 0 saturated carbocycles. The molecule has 0 spiro atoms. The first kappa shape index (κ1) is 33.4. The molecule has 0 radical (unpaired) electrons. The van der Waals surface area contributed by atoms with Gasteiger partial charge in [0, 0.05) is 40.6 Å². The number of ether oxygens (including phenoxy) is 2. The van der Waals surface area contributed by atoms with Crippen LogP contribution in [0.4, 0.5) is 22.7 Å². The van der Waals surface area contributed by atoms with E-state index in [1.54, 1.807) is 26.6 Å². The molecule has 4 rings (SSSR count). The zero-order valence-electron chi connectivity index (χ0n) is 25.6. The maximum atomic E-state index is 5.28. The molecule has 8 nitrogen and oxygen atoms in total. The van der Waals surface area contributed by atoms with E-state index in [2.05, 4.69) is 53.8 Å². The SMILES string of the molecule is COc1ccnc(-c2[c-]ccc(N(C)C)c2N(C)C)c1.COc1ccnc(-c2[c-]ccc(N(C)C)c2N(C)C)c1.[Pt+2]. The molecule has 0 bridgehead atoms. The smallest absolute Gasteiger partial charge is 0.497 e. The molecule has 0 amide bonds. The largest absolute Gasteiger partial charge is 2.00 e. The van der Waals surface area contributed by atoms with E-state index in [4.69, 9.17) is 9.47 Å². The molecule has 0 unspecified atom stereocenters. The molecule has 0 aliphatic heterocycles. The molecule has 41 heavy (non-hydrogen) atoms. The van der Waals surface area contributed by atoms with Crippen LogP contribution in [0.1, 0.15) is 0 Å². The van der Waals surface area contributed by atoms with Gasteiger partial charge in [0.1, 0.15) is 11.5 Å². The summed E-state index contributed by atoms with van der Waals surface area (Å²) in [5.41, 5.74) is 8.12. The van der Waals surface area contributed by atoms with E-state index in [0.29, 0.717) is 0 Å². The molecule has 0 N–H and O–H groups in total. The molecular weight excluding hydrogens is 695 g/mol. The Bertz CT molecular complexity index is 1300. The average Bonchev–Trinajstić information content (AvgIpc) is 2.96. The molecule has 0 aliphatic carbocycles. The molecule has 9 heteroatoms. The zero-order chi connectivity index (χ0) is 29.4. The van der Waals surface area contributed by atoms with Gasteiger partial charge in [0.05, 0.1) is 14.2 Å². The van der Waals surface area contributed by atoms with Crippen LogP contribution in [0.3, 0.4) is 0 Å². The first-order valence-electron chi connectivity index (χ1n) is 12.9. The van der Waals surface area contributed by atoms with Crippen molar-refractivity contribution in [3.8, 4) is 34.0 Å². The Morgan fingerprint density at radius 3 is 1.22 bits per heavy atom. The zero-order valence-corrected chi connectivity index (χ0v) is 27.9. The second-order valence-electron chi connectivity index (χ2n) is 9.91. The topological polar surface area (TPSA) is 57.2 Å². The number of methoxy groups -OCH3 is 2. The van der Waals surface area contributed by atoms with Crippen molar-refractivity contribution >= 4 is 22.7 Å². The first-order valence-corrected chi connectivity index (χ1v) is 12.9. The molecule has 2 aromatic heterocycles. The Kier molecular flexibility index (Phi) is 12.5. The Labute approximate surface area is 259 Å². The van der Waals surface area contributed by atoms with Crippen LogP contribution >= 0.6 is 0 Å². The van der Waals surface area contributed by atoms with E-state index in [-0.39, 0.29) is 21.1 Å². The summed E-state index contributed by atoms with van der Waals surface area (Å²) in [6.07, 6.45) is 3.51.